The molecule has 2 saturated heterocycles. The Labute approximate surface area is 459 Å². The van der Waals surface area contributed by atoms with Gasteiger partial charge in [0.25, 0.3) is 5.69 Å². The number of benzene rings is 7. The fourth-order valence-electron chi connectivity index (χ4n) is 9.44. The van der Waals surface area contributed by atoms with Crippen LogP contribution in [0.5, 0.6) is 0 Å². The summed E-state index contributed by atoms with van der Waals surface area (Å²) >= 11 is 0. The van der Waals surface area contributed by atoms with E-state index in [1.165, 1.54) is 19.2 Å². The summed E-state index contributed by atoms with van der Waals surface area (Å²) in [6.45, 7) is 0.536. The molecule has 2 aliphatic rings. The molecule has 0 bridgehead atoms. The first-order chi connectivity index (χ1) is 38.8. The normalized spacial score (nSPS) is 23.0. The van der Waals surface area contributed by atoms with Crippen molar-refractivity contribution in [3.63, 3.8) is 0 Å². The van der Waals surface area contributed by atoms with Crippen LogP contribution in [0.3, 0.4) is 0 Å². The van der Waals surface area contributed by atoms with Crippen molar-refractivity contribution in [3.05, 3.63) is 255 Å². The Bertz CT molecular complexity index is 2910. The summed E-state index contributed by atoms with van der Waals surface area (Å²) in [4.78, 5) is 24.6. The lowest BCUT2D eigenvalue weighted by atomic mass is 9.96. The third kappa shape index (κ3) is 16.1. The molecule has 7 aromatic carbocycles. The van der Waals surface area contributed by atoms with Crippen LogP contribution in [0.15, 0.2) is 200 Å². The van der Waals surface area contributed by atoms with Gasteiger partial charge in [-0.2, -0.15) is 0 Å². The lowest BCUT2D eigenvalue weighted by Crippen LogP contribution is -2.66. The zero-order valence-corrected chi connectivity index (χ0v) is 43.8. The second-order valence-corrected chi connectivity index (χ2v) is 19.1. The van der Waals surface area contributed by atoms with E-state index in [9.17, 15) is 20.0 Å². The number of rotatable bonds is 27. The van der Waals surface area contributed by atoms with Gasteiger partial charge in [0.15, 0.2) is 12.6 Å². The molecule has 0 unspecified atom stereocenters. The summed E-state index contributed by atoms with van der Waals surface area (Å²) in [6.07, 6.45) is -11.5. The first-order valence-electron chi connectivity index (χ1n) is 26.3. The van der Waals surface area contributed by atoms with Crippen LogP contribution in [0.1, 0.15) is 49.3 Å². The van der Waals surface area contributed by atoms with Gasteiger partial charge in [-0.25, -0.2) is 4.79 Å². The molecule has 16 nitrogen and oxygen atoms in total. The van der Waals surface area contributed by atoms with Gasteiger partial charge in [0.2, 0.25) is 0 Å². The molecule has 9 rings (SSSR count). The van der Waals surface area contributed by atoms with Crippen LogP contribution >= 0.6 is 0 Å². The average molecular weight is 1080 g/mol. The maximum atomic E-state index is 12.8. The van der Waals surface area contributed by atoms with Crippen LogP contribution in [-0.4, -0.2) is 97.7 Å². The number of methoxy groups -OCH3 is 1. The largest absolute Gasteiger partial charge is 0.465 e. The third-order valence-corrected chi connectivity index (χ3v) is 13.5. The molecule has 0 aliphatic carbocycles. The molecule has 0 spiro atoms. The summed E-state index contributed by atoms with van der Waals surface area (Å²) < 4.78 is 72.6. The fourth-order valence-corrected chi connectivity index (χ4v) is 9.44. The highest BCUT2D eigenvalue weighted by Gasteiger charge is 2.54. The molecular weight excluding hydrogens is 1010 g/mol. The van der Waals surface area contributed by atoms with Crippen molar-refractivity contribution < 1.29 is 66.9 Å². The lowest BCUT2D eigenvalue weighted by Gasteiger charge is -2.49. The number of carbonyl (C=O) groups excluding carboxylic acids is 1. The number of ether oxygens (including phenoxy) is 11. The Morgan fingerprint density at radius 2 is 0.848 bits per heavy atom. The predicted octanol–water partition coefficient (Wildman–Crippen LogP) is 9.87. The number of carbonyl (C=O) groups is 1. The number of nitro groups is 1. The van der Waals surface area contributed by atoms with Crippen LogP contribution in [-0.2, 0) is 98.4 Å². The second-order valence-electron chi connectivity index (χ2n) is 19.1. The van der Waals surface area contributed by atoms with Crippen LogP contribution in [0, 0.1) is 10.1 Å². The maximum absolute atomic E-state index is 12.8. The molecule has 79 heavy (non-hydrogen) atoms. The van der Waals surface area contributed by atoms with Crippen molar-refractivity contribution in [2.75, 3.05) is 20.3 Å². The third-order valence-electron chi connectivity index (χ3n) is 13.5. The molecule has 412 valence electrons. The molecule has 1 N–H and O–H groups in total. The van der Waals surface area contributed by atoms with E-state index in [-0.39, 0.29) is 69.7 Å². The molecule has 0 amide bonds. The fraction of sp³-hybridized carbons (Fsp3) is 0.317. The van der Waals surface area contributed by atoms with Crippen molar-refractivity contribution in [2.45, 2.75) is 108 Å². The van der Waals surface area contributed by atoms with E-state index in [0.717, 1.165) is 39.4 Å². The minimum atomic E-state index is -1.52. The summed E-state index contributed by atoms with van der Waals surface area (Å²) in [5, 5.41) is 25.4. The highest BCUT2D eigenvalue weighted by atomic mass is 16.8. The van der Waals surface area contributed by atoms with Gasteiger partial charge in [-0.15, -0.1) is 0 Å². The van der Waals surface area contributed by atoms with Crippen molar-refractivity contribution in [1.82, 2.24) is 0 Å². The first kappa shape index (κ1) is 56.7. The Morgan fingerprint density at radius 3 is 1.27 bits per heavy atom. The van der Waals surface area contributed by atoms with Crippen molar-refractivity contribution >= 4 is 11.7 Å². The smallest absolute Gasteiger partial charge is 0.338 e. The van der Waals surface area contributed by atoms with Gasteiger partial charge in [0.1, 0.15) is 48.8 Å². The highest BCUT2D eigenvalue weighted by molar-refractivity contribution is 5.90. The summed E-state index contributed by atoms with van der Waals surface area (Å²) in [6, 6.07) is 61.9. The van der Waals surface area contributed by atoms with E-state index < -0.39 is 78.9 Å². The molecule has 16 heteroatoms. The Balaban J connectivity index is 1.10. The van der Waals surface area contributed by atoms with Crippen molar-refractivity contribution in [2.24, 2.45) is 0 Å². The van der Waals surface area contributed by atoms with E-state index in [2.05, 4.69) is 0 Å². The van der Waals surface area contributed by atoms with Crippen LogP contribution < -0.4 is 0 Å². The number of nitro benzene ring substituents is 1. The van der Waals surface area contributed by atoms with Gasteiger partial charge in [0.05, 0.1) is 82.6 Å². The quantitative estimate of drug-likeness (QED) is 0.0292. The number of esters is 1. The molecule has 2 heterocycles. The minimum absolute atomic E-state index is 0.00393. The summed E-state index contributed by atoms with van der Waals surface area (Å²) in [5.41, 5.74) is 5.04. The SMILES string of the molecule is COC(=O)c1ccc(CO[C@H]2O[C@H](COCc3ccccc3)[C@@H](OCc3ccccc3)[C@H](OCc3ccccc3)[C@@H]2O[C@H]2O[C@H](COCc3ccccc3)[C@@H](OCc3ccccc3)[C@H](OCc3ccccc3)[C@@H]2O)c([N+](=O)[O-])c1. The minimum Gasteiger partial charge on any atom is -0.465 e. The molecule has 0 aromatic heterocycles. The summed E-state index contributed by atoms with van der Waals surface area (Å²) in [7, 11) is 1.20. The van der Waals surface area contributed by atoms with Gasteiger partial charge in [-0.3, -0.25) is 10.1 Å². The topological polar surface area (TPSA) is 182 Å². The van der Waals surface area contributed by atoms with Crippen molar-refractivity contribution in [1.29, 1.82) is 0 Å². The lowest BCUT2D eigenvalue weighted by molar-refractivity contribution is -0.388. The molecule has 7 aromatic rings. The van der Waals surface area contributed by atoms with Crippen LogP contribution in [0.25, 0.3) is 0 Å². The number of aliphatic hydroxyl groups is 1. The molecule has 0 radical (unpaired) electrons. The first-order valence-corrected chi connectivity index (χ1v) is 26.3. The Morgan fingerprint density at radius 1 is 0.468 bits per heavy atom. The highest BCUT2D eigenvalue weighted by Crippen LogP contribution is 2.37. The monoisotopic (exact) mass is 1080 g/mol. The number of hydrogen-bond acceptors (Lipinski definition) is 15. The Kier molecular flexibility index (Phi) is 21.0. The van der Waals surface area contributed by atoms with Gasteiger partial charge in [-0.1, -0.05) is 182 Å². The zero-order chi connectivity index (χ0) is 54.6. The maximum Gasteiger partial charge on any atom is 0.338 e. The Hall–Kier alpha value is -7.03. The van der Waals surface area contributed by atoms with Gasteiger partial charge in [-0.05, 0) is 45.5 Å². The van der Waals surface area contributed by atoms with E-state index in [1.54, 1.807) is 0 Å². The number of nitrogens with zero attached hydrogens (tertiary/aromatic N) is 1. The second kappa shape index (κ2) is 29.3. The van der Waals surface area contributed by atoms with Gasteiger partial charge < -0.3 is 57.2 Å². The van der Waals surface area contributed by atoms with Crippen molar-refractivity contribution in [3.8, 4) is 0 Å². The average Bonchev–Trinajstić information content (AvgIpc) is 3.57. The van der Waals surface area contributed by atoms with Gasteiger partial charge >= 0.3 is 5.97 Å². The van der Waals surface area contributed by atoms with E-state index >= 15 is 0 Å². The standard InChI is InChI=1S/C63H65NO15/c1-69-61(66)50-32-33-51(52(34-50)64(67)68)41-76-63-60(59(75-40-49-30-18-7-19-31-49)57(73-38-47-26-14-5-15-27-47)54(78-63)43-71-36-45-22-10-3-11-23-45)79-62-55(65)58(74-39-48-28-16-6-17-29-48)56(72-37-46-24-12-4-13-25-46)53(77-62)42-70-35-44-20-8-2-9-21-44/h2-34,53-60,62-63,65H,35-43H2,1H3/t53-,54-,55+,56-,57-,58-,59+,60+,62-,63+/m1/s1. The van der Waals surface area contributed by atoms with E-state index in [1.807, 2.05) is 182 Å². The van der Waals surface area contributed by atoms with E-state index in [0.29, 0.717) is 0 Å². The molecule has 10 atom stereocenters. The number of aliphatic hydroxyl groups excluding tert-OH is 1. The molecule has 0 saturated carbocycles. The zero-order valence-electron chi connectivity index (χ0n) is 43.8. The summed E-state index contributed by atoms with van der Waals surface area (Å²) in [5.74, 6) is -0.744. The van der Waals surface area contributed by atoms with Crippen LogP contribution in [0.4, 0.5) is 5.69 Å². The molecular formula is C63H65NO15. The molecule has 2 fully saturated rings. The number of hydrogen-bond donors (Lipinski definition) is 1. The molecule has 2 aliphatic heterocycles. The predicted molar refractivity (Wildman–Crippen MR) is 290 cm³/mol. The van der Waals surface area contributed by atoms with Gasteiger partial charge in [0, 0.05) is 6.07 Å². The van der Waals surface area contributed by atoms with E-state index in [4.69, 9.17) is 52.1 Å². The van der Waals surface area contributed by atoms with Crippen LogP contribution in [0.2, 0.25) is 0 Å².